The van der Waals surface area contributed by atoms with Gasteiger partial charge in [0.2, 0.25) is 5.96 Å². The van der Waals surface area contributed by atoms with Gasteiger partial charge >= 0.3 is 0 Å². The molecular weight excluding hydrogens is 482 g/mol. The number of non-ortho nitro benzene ring substituents is 1. The minimum Gasteiger partial charge on any atom is -0.494 e. The van der Waals surface area contributed by atoms with Crippen molar-refractivity contribution in [3.63, 3.8) is 0 Å². The molecule has 34 heavy (non-hydrogen) atoms. The maximum absolute atomic E-state index is 12.4. The Labute approximate surface area is 205 Å². The topological polar surface area (TPSA) is 126 Å². The summed E-state index contributed by atoms with van der Waals surface area (Å²) in [4.78, 5) is 12.5. The fourth-order valence-corrected chi connectivity index (χ4v) is 5.03. The van der Waals surface area contributed by atoms with Crippen molar-refractivity contribution in [3.05, 3.63) is 58.1 Å². The molecule has 184 valence electrons. The highest BCUT2D eigenvalue weighted by Gasteiger charge is 2.27. The van der Waals surface area contributed by atoms with Gasteiger partial charge in [0.25, 0.3) is 15.7 Å². The molecule has 0 unspecified atom stereocenters. The number of piperidine rings is 1. The number of anilines is 1. The highest BCUT2D eigenvalue weighted by atomic mass is 35.5. The molecule has 0 aromatic heterocycles. The van der Waals surface area contributed by atoms with Gasteiger partial charge in [-0.25, -0.2) is 0 Å². The molecule has 2 heterocycles. The number of hydrogen-bond acceptors (Lipinski definition) is 8. The molecule has 0 saturated carbocycles. The molecule has 4 rings (SSSR count). The summed E-state index contributed by atoms with van der Waals surface area (Å²) in [5.74, 6) is 0.899. The summed E-state index contributed by atoms with van der Waals surface area (Å²) in [6.45, 7) is 4.13. The molecule has 0 atom stereocenters. The van der Waals surface area contributed by atoms with Crippen LogP contribution in [0.4, 0.5) is 11.4 Å². The zero-order valence-corrected chi connectivity index (χ0v) is 20.2. The Morgan fingerprint density at radius 1 is 1.15 bits per heavy atom. The molecule has 2 aromatic rings. The lowest BCUT2D eigenvalue weighted by atomic mass is 10.1. The quantitative estimate of drug-likeness (QED) is 0.314. The first kappa shape index (κ1) is 25.7. The number of benzene rings is 2. The maximum atomic E-state index is 12.4. The summed E-state index contributed by atoms with van der Waals surface area (Å²) >= 11 is 0. The Bertz CT molecular complexity index is 1150. The number of nitro groups is 1. The van der Waals surface area contributed by atoms with Crippen molar-refractivity contribution in [3.8, 4) is 5.75 Å². The third kappa shape index (κ3) is 6.58. The van der Waals surface area contributed by atoms with E-state index in [0.29, 0.717) is 19.6 Å². The fourth-order valence-electron chi connectivity index (χ4n) is 3.92. The van der Waals surface area contributed by atoms with Crippen LogP contribution in [0.5, 0.6) is 5.75 Å². The number of sulfonamides is 1. The molecule has 0 amide bonds. The molecule has 1 fully saturated rings. The number of guanidine groups is 1. The Kier molecular flexibility index (Phi) is 8.70. The number of ether oxygens (including phenoxy) is 1. The van der Waals surface area contributed by atoms with Crippen LogP contribution in [-0.2, 0) is 16.6 Å². The van der Waals surface area contributed by atoms with Crippen molar-refractivity contribution in [1.29, 1.82) is 0 Å². The van der Waals surface area contributed by atoms with Crippen LogP contribution in [0.1, 0.15) is 31.2 Å². The molecule has 0 aliphatic carbocycles. The Morgan fingerprint density at radius 3 is 2.71 bits per heavy atom. The molecule has 2 aliphatic rings. The zero-order valence-electron chi connectivity index (χ0n) is 18.6. The van der Waals surface area contributed by atoms with Gasteiger partial charge in [-0.15, -0.1) is 16.8 Å². The van der Waals surface area contributed by atoms with Gasteiger partial charge < -0.3 is 15.4 Å². The summed E-state index contributed by atoms with van der Waals surface area (Å²) in [7, 11) is -4.03. The van der Waals surface area contributed by atoms with Gasteiger partial charge in [0.1, 0.15) is 10.6 Å². The first-order chi connectivity index (χ1) is 15.9. The van der Waals surface area contributed by atoms with Gasteiger partial charge in [-0.3, -0.25) is 15.0 Å². The van der Waals surface area contributed by atoms with Gasteiger partial charge in [0.15, 0.2) is 0 Å². The van der Waals surface area contributed by atoms with Crippen molar-refractivity contribution in [2.24, 2.45) is 4.40 Å². The lowest BCUT2D eigenvalue weighted by Crippen LogP contribution is -2.35. The van der Waals surface area contributed by atoms with E-state index in [1.165, 1.54) is 37.0 Å². The molecular formula is C22H28ClN5O5S. The van der Waals surface area contributed by atoms with Crippen LogP contribution < -0.4 is 15.4 Å². The van der Waals surface area contributed by atoms with Crippen LogP contribution in [0.15, 0.2) is 51.8 Å². The van der Waals surface area contributed by atoms with Gasteiger partial charge in [-0.05, 0) is 56.1 Å². The Hall–Kier alpha value is -2.89. The van der Waals surface area contributed by atoms with Crippen molar-refractivity contribution in [1.82, 2.24) is 10.2 Å². The van der Waals surface area contributed by atoms with Crippen molar-refractivity contribution in [2.45, 2.75) is 37.1 Å². The van der Waals surface area contributed by atoms with E-state index in [0.717, 1.165) is 31.5 Å². The fraction of sp³-hybridized carbons (Fsp3) is 0.409. The summed E-state index contributed by atoms with van der Waals surface area (Å²) in [6, 6.07) is 11.7. The Balaban J connectivity index is 0.00000324. The SMILES string of the molecule is Cl.O=[N+]([O-])c1ccc2c(c1)S(=O)(=O)N=C(NCCCOc1cccc(CN3CCCCC3)c1)N2. The largest absolute Gasteiger partial charge is 0.494 e. The van der Waals surface area contributed by atoms with Gasteiger partial charge in [0, 0.05) is 25.2 Å². The minimum absolute atomic E-state index is 0. The lowest BCUT2D eigenvalue weighted by molar-refractivity contribution is -0.385. The van der Waals surface area contributed by atoms with E-state index in [1.807, 2.05) is 12.1 Å². The molecule has 12 heteroatoms. The van der Waals surface area contributed by atoms with Crippen LogP contribution >= 0.6 is 12.4 Å². The normalized spacial score (nSPS) is 16.9. The molecule has 1 saturated heterocycles. The van der Waals surface area contributed by atoms with E-state index >= 15 is 0 Å². The predicted octanol–water partition coefficient (Wildman–Crippen LogP) is 3.53. The molecule has 10 nitrogen and oxygen atoms in total. The molecule has 0 bridgehead atoms. The van der Waals surface area contributed by atoms with Crippen molar-refractivity contribution in [2.75, 3.05) is 31.6 Å². The highest BCUT2D eigenvalue weighted by Crippen LogP contribution is 2.30. The number of halogens is 1. The number of nitrogens with zero attached hydrogens (tertiary/aromatic N) is 3. The predicted molar refractivity (Wildman–Crippen MR) is 132 cm³/mol. The van der Waals surface area contributed by atoms with Gasteiger partial charge in [-0.1, -0.05) is 18.6 Å². The number of fused-ring (bicyclic) bond motifs is 1. The number of rotatable bonds is 8. The Morgan fingerprint density at radius 2 is 1.94 bits per heavy atom. The second-order valence-corrected chi connectivity index (χ2v) is 9.66. The minimum atomic E-state index is -4.03. The molecule has 0 spiro atoms. The van der Waals surface area contributed by atoms with Crippen LogP contribution in [0.2, 0.25) is 0 Å². The lowest BCUT2D eigenvalue weighted by Gasteiger charge is -2.26. The van der Waals surface area contributed by atoms with Crippen LogP contribution in [0.3, 0.4) is 0 Å². The molecule has 2 aromatic carbocycles. The van der Waals surface area contributed by atoms with E-state index in [4.69, 9.17) is 4.74 Å². The summed E-state index contributed by atoms with van der Waals surface area (Å²) in [6.07, 6.45) is 4.47. The third-order valence-corrected chi connectivity index (χ3v) is 6.87. The summed E-state index contributed by atoms with van der Waals surface area (Å²) in [5.41, 5.74) is 1.18. The van der Waals surface area contributed by atoms with Crippen LogP contribution in [-0.4, -0.2) is 50.4 Å². The van der Waals surface area contributed by atoms with Gasteiger partial charge in [0.05, 0.1) is 17.2 Å². The number of nitrogens with one attached hydrogen (secondary N) is 2. The zero-order chi connectivity index (χ0) is 23.3. The van der Waals surface area contributed by atoms with E-state index in [-0.39, 0.29) is 34.6 Å². The third-order valence-electron chi connectivity index (χ3n) is 5.55. The molecule has 0 radical (unpaired) electrons. The number of nitro benzene ring substituents is 1. The average molecular weight is 510 g/mol. The van der Waals surface area contributed by atoms with E-state index in [2.05, 4.69) is 32.1 Å². The van der Waals surface area contributed by atoms with E-state index in [1.54, 1.807) is 0 Å². The monoisotopic (exact) mass is 509 g/mol. The summed E-state index contributed by atoms with van der Waals surface area (Å²) < 4.78 is 34.3. The molecule has 2 aliphatic heterocycles. The first-order valence-electron chi connectivity index (χ1n) is 11.0. The van der Waals surface area contributed by atoms with Gasteiger partial charge in [-0.2, -0.15) is 8.42 Å². The van der Waals surface area contributed by atoms with Crippen molar-refractivity contribution >= 4 is 39.8 Å². The number of hydrogen-bond donors (Lipinski definition) is 2. The first-order valence-corrected chi connectivity index (χ1v) is 12.4. The van der Waals surface area contributed by atoms with Crippen LogP contribution in [0.25, 0.3) is 0 Å². The maximum Gasteiger partial charge on any atom is 0.287 e. The van der Waals surface area contributed by atoms with Crippen LogP contribution in [0, 0.1) is 10.1 Å². The van der Waals surface area contributed by atoms with Crippen molar-refractivity contribution < 1.29 is 18.1 Å². The second-order valence-electron chi connectivity index (χ2n) is 8.09. The van der Waals surface area contributed by atoms with E-state index in [9.17, 15) is 18.5 Å². The average Bonchev–Trinajstić information content (AvgIpc) is 2.79. The number of likely N-dealkylation sites (tertiary alicyclic amines) is 1. The smallest absolute Gasteiger partial charge is 0.287 e. The molecule has 2 N–H and O–H groups in total. The summed E-state index contributed by atoms with van der Waals surface area (Å²) in [5, 5.41) is 16.7. The second kappa shape index (κ2) is 11.5. The van der Waals surface area contributed by atoms with E-state index < -0.39 is 14.9 Å². The standard InChI is InChI=1S/C22H27N5O5S.ClH/c28-27(29)18-8-9-20-21(15-18)33(30,31)25-22(24-20)23-10-5-13-32-19-7-4-6-17(14-19)16-26-11-2-1-3-12-26;/h4,6-9,14-15H,1-3,5,10-13,16H2,(H2,23,24,25);1H. The highest BCUT2D eigenvalue weighted by molar-refractivity contribution is 7.90.